The van der Waals surface area contributed by atoms with E-state index >= 15 is 0 Å². The van der Waals surface area contributed by atoms with Gasteiger partial charge in [0.05, 0.1) is 17.4 Å². The highest BCUT2D eigenvalue weighted by Gasteiger charge is 2.40. The molecule has 1 fully saturated rings. The van der Waals surface area contributed by atoms with E-state index in [0.717, 1.165) is 16.8 Å². The second-order valence-electron chi connectivity index (χ2n) is 11.5. The number of hydrogen-bond acceptors (Lipinski definition) is 6. The molecule has 1 saturated heterocycles. The Balaban J connectivity index is 1.46. The average molecular weight is 512 g/mol. The number of benzene rings is 1. The summed E-state index contributed by atoms with van der Waals surface area (Å²) in [5.74, 6) is -0.255. The summed E-state index contributed by atoms with van der Waals surface area (Å²) < 4.78 is 1.72. The fourth-order valence-electron chi connectivity index (χ4n) is 4.89. The number of nitrogens with zero attached hydrogens (tertiary/aromatic N) is 7. The van der Waals surface area contributed by atoms with E-state index in [4.69, 9.17) is 10.1 Å². The van der Waals surface area contributed by atoms with Crippen LogP contribution in [0.4, 0.5) is 0 Å². The highest BCUT2D eigenvalue weighted by molar-refractivity contribution is 5.94. The first-order valence-corrected chi connectivity index (χ1v) is 12.8. The Bertz CT molecular complexity index is 1500. The smallest absolute Gasteiger partial charge is 0.291 e. The van der Waals surface area contributed by atoms with Gasteiger partial charge < -0.3 is 9.80 Å². The summed E-state index contributed by atoms with van der Waals surface area (Å²) in [5, 5.41) is 4.82. The second kappa shape index (κ2) is 9.31. The molecule has 3 aromatic heterocycles. The first-order valence-electron chi connectivity index (χ1n) is 12.8. The highest BCUT2D eigenvalue weighted by Crippen LogP contribution is 2.31. The molecule has 4 aromatic rings. The number of hydrogen-bond donors (Lipinski definition) is 0. The SMILES string of the molecule is Cc1ccc(-c2cc(C(C)(C)C)c3nc(C(=O)N4CCN(C(=O)c5ncccn5)CC4(C)C)cn3n2)cc1. The topological polar surface area (TPSA) is 96.6 Å². The maximum Gasteiger partial charge on any atom is 0.291 e. The molecule has 0 N–H and O–H groups in total. The van der Waals surface area contributed by atoms with Crippen molar-refractivity contribution in [1.82, 2.24) is 34.4 Å². The number of amides is 2. The Morgan fingerprint density at radius 1 is 0.974 bits per heavy atom. The van der Waals surface area contributed by atoms with Gasteiger partial charge in [0.25, 0.3) is 11.8 Å². The molecule has 1 aliphatic rings. The van der Waals surface area contributed by atoms with Crippen LogP contribution >= 0.6 is 0 Å². The molecule has 196 valence electrons. The van der Waals surface area contributed by atoms with Gasteiger partial charge in [-0.05, 0) is 38.3 Å². The van der Waals surface area contributed by atoms with Crippen molar-refractivity contribution in [2.24, 2.45) is 0 Å². The standard InChI is InChI=1S/C29H33N7O2/c1-19-8-10-20(11-9-19)22-16-21(28(2,3)4)25-32-23(17-36(25)33-22)26(37)35-15-14-34(18-29(35,5)6)27(38)24-30-12-7-13-31-24/h7-13,16-17H,14-15,18H2,1-6H3. The van der Waals surface area contributed by atoms with E-state index in [2.05, 4.69) is 68.0 Å². The lowest BCUT2D eigenvalue weighted by Gasteiger charge is -2.46. The largest absolute Gasteiger partial charge is 0.332 e. The fraction of sp³-hybridized carbons (Fsp3) is 0.379. The van der Waals surface area contributed by atoms with Gasteiger partial charge in [0, 0.05) is 43.2 Å². The van der Waals surface area contributed by atoms with E-state index in [1.165, 1.54) is 5.56 Å². The Labute approximate surface area is 222 Å². The first-order chi connectivity index (χ1) is 17.9. The summed E-state index contributed by atoms with van der Waals surface area (Å²) in [6.07, 6.45) is 4.83. The Kier molecular flexibility index (Phi) is 6.25. The summed E-state index contributed by atoms with van der Waals surface area (Å²) in [6.45, 7) is 13.5. The molecule has 0 aliphatic carbocycles. The lowest BCUT2D eigenvalue weighted by Crippen LogP contribution is -2.62. The molecule has 9 nitrogen and oxygen atoms in total. The van der Waals surface area contributed by atoms with Crippen LogP contribution in [0.1, 0.15) is 66.9 Å². The molecule has 5 rings (SSSR count). The van der Waals surface area contributed by atoms with Gasteiger partial charge in [-0.1, -0.05) is 50.6 Å². The van der Waals surface area contributed by atoms with Crippen LogP contribution in [0.2, 0.25) is 0 Å². The number of piperazine rings is 1. The Morgan fingerprint density at radius 3 is 2.29 bits per heavy atom. The zero-order chi connectivity index (χ0) is 27.2. The molecule has 2 amide bonds. The molecule has 0 spiro atoms. The van der Waals surface area contributed by atoms with E-state index in [0.29, 0.717) is 31.0 Å². The molecule has 0 unspecified atom stereocenters. The quantitative estimate of drug-likeness (QED) is 0.410. The first kappa shape index (κ1) is 25.5. The number of aromatic nitrogens is 5. The predicted octanol–water partition coefficient (Wildman–Crippen LogP) is 4.17. The zero-order valence-electron chi connectivity index (χ0n) is 22.8. The number of carbonyl (C=O) groups is 2. The number of fused-ring (bicyclic) bond motifs is 1. The highest BCUT2D eigenvalue weighted by atomic mass is 16.2. The normalized spacial score (nSPS) is 15.6. The van der Waals surface area contributed by atoms with Crippen LogP contribution < -0.4 is 0 Å². The minimum Gasteiger partial charge on any atom is -0.332 e. The number of carbonyl (C=O) groups excluding carboxylic acids is 2. The Morgan fingerprint density at radius 2 is 1.66 bits per heavy atom. The van der Waals surface area contributed by atoms with Gasteiger partial charge in [-0.3, -0.25) is 9.59 Å². The third kappa shape index (κ3) is 4.76. The molecule has 0 atom stereocenters. The molecule has 1 aromatic carbocycles. The molecule has 38 heavy (non-hydrogen) atoms. The number of aryl methyl sites for hydroxylation is 1. The van der Waals surface area contributed by atoms with Crippen molar-refractivity contribution < 1.29 is 9.59 Å². The van der Waals surface area contributed by atoms with Gasteiger partial charge in [0.15, 0.2) is 5.65 Å². The molecule has 1 aliphatic heterocycles. The van der Waals surface area contributed by atoms with Crippen molar-refractivity contribution in [3.05, 3.63) is 77.6 Å². The third-order valence-corrected chi connectivity index (χ3v) is 6.99. The Hall–Kier alpha value is -4.14. The molecule has 9 heteroatoms. The van der Waals surface area contributed by atoms with Crippen LogP contribution in [0.15, 0.2) is 55.0 Å². The van der Waals surface area contributed by atoms with Gasteiger partial charge in [0.2, 0.25) is 5.82 Å². The van der Waals surface area contributed by atoms with Crippen molar-refractivity contribution in [1.29, 1.82) is 0 Å². The monoisotopic (exact) mass is 511 g/mol. The maximum absolute atomic E-state index is 13.8. The van der Waals surface area contributed by atoms with Crippen molar-refractivity contribution in [2.45, 2.75) is 52.5 Å². The van der Waals surface area contributed by atoms with Crippen molar-refractivity contribution >= 4 is 17.5 Å². The van der Waals surface area contributed by atoms with Crippen LogP contribution in [-0.4, -0.2) is 71.4 Å². The second-order valence-corrected chi connectivity index (χ2v) is 11.5. The van der Waals surface area contributed by atoms with E-state index < -0.39 is 5.54 Å². The van der Waals surface area contributed by atoms with Crippen LogP contribution in [0, 0.1) is 6.92 Å². The zero-order valence-corrected chi connectivity index (χ0v) is 22.8. The summed E-state index contributed by atoms with van der Waals surface area (Å²) in [7, 11) is 0. The number of rotatable bonds is 3. The molecule has 0 radical (unpaired) electrons. The van der Waals surface area contributed by atoms with Gasteiger partial charge in [0.1, 0.15) is 5.69 Å². The number of imidazole rings is 1. The summed E-state index contributed by atoms with van der Waals surface area (Å²) in [4.78, 5) is 43.2. The van der Waals surface area contributed by atoms with Crippen LogP contribution in [0.3, 0.4) is 0 Å². The minimum atomic E-state index is -0.608. The van der Waals surface area contributed by atoms with Crippen LogP contribution in [0.25, 0.3) is 16.9 Å². The van der Waals surface area contributed by atoms with Gasteiger partial charge in [-0.25, -0.2) is 19.5 Å². The van der Waals surface area contributed by atoms with Gasteiger partial charge in [-0.2, -0.15) is 5.10 Å². The van der Waals surface area contributed by atoms with E-state index in [1.807, 2.05) is 13.8 Å². The lowest BCUT2D eigenvalue weighted by atomic mass is 9.87. The van der Waals surface area contributed by atoms with Gasteiger partial charge >= 0.3 is 0 Å². The van der Waals surface area contributed by atoms with Crippen LogP contribution in [0.5, 0.6) is 0 Å². The van der Waals surface area contributed by atoms with Crippen molar-refractivity contribution in [3.63, 3.8) is 0 Å². The predicted molar refractivity (Wildman–Crippen MR) is 145 cm³/mol. The molecule has 0 saturated carbocycles. The summed E-state index contributed by atoms with van der Waals surface area (Å²) in [6, 6.07) is 12.0. The van der Waals surface area contributed by atoms with E-state index in [1.54, 1.807) is 39.0 Å². The van der Waals surface area contributed by atoms with Gasteiger partial charge in [-0.15, -0.1) is 0 Å². The maximum atomic E-state index is 13.8. The molecular formula is C29H33N7O2. The van der Waals surface area contributed by atoms with E-state index in [9.17, 15) is 9.59 Å². The lowest BCUT2D eigenvalue weighted by molar-refractivity contribution is 0.0160. The van der Waals surface area contributed by atoms with E-state index in [-0.39, 0.29) is 23.1 Å². The molecule has 0 bridgehead atoms. The van der Waals surface area contributed by atoms with Crippen molar-refractivity contribution in [3.8, 4) is 11.3 Å². The molecule has 4 heterocycles. The van der Waals surface area contributed by atoms with Crippen molar-refractivity contribution in [2.75, 3.05) is 19.6 Å². The molecular weight excluding hydrogens is 478 g/mol. The third-order valence-electron chi connectivity index (χ3n) is 6.99. The fourth-order valence-corrected chi connectivity index (χ4v) is 4.89. The minimum absolute atomic E-state index is 0.161. The average Bonchev–Trinajstić information content (AvgIpc) is 3.31. The summed E-state index contributed by atoms with van der Waals surface area (Å²) >= 11 is 0. The van der Waals surface area contributed by atoms with Crippen LogP contribution in [-0.2, 0) is 5.41 Å². The summed E-state index contributed by atoms with van der Waals surface area (Å²) in [5.41, 5.74) is 4.22.